The third-order valence-corrected chi connectivity index (χ3v) is 5.04. The highest BCUT2D eigenvalue weighted by molar-refractivity contribution is 6.02. The zero-order chi connectivity index (χ0) is 23.7. The molecule has 1 amide bonds. The van der Waals surface area contributed by atoms with Gasteiger partial charge >= 0.3 is 0 Å². The molecule has 1 aromatic carbocycles. The summed E-state index contributed by atoms with van der Waals surface area (Å²) in [5.74, 6) is 0.165. The van der Waals surface area contributed by atoms with Gasteiger partial charge in [0.2, 0.25) is 11.9 Å². The smallest absolute Gasteiger partial charge is 0.221 e. The van der Waals surface area contributed by atoms with Crippen LogP contribution in [0.2, 0.25) is 0 Å². The Labute approximate surface area is 194 Å². The number of guanidine groups is 1. The lowest BCUT2D eigenvalue weighted by atomic mass is 9.92. The number of carbonyl (C=O) groups is 1. The van der Waals surface area contributed by atoms with Crippen molar-refractivity contribution in [1.29, 1.82) is 5.26 Å². The molecule has 0 aliphatic carbocycles. The van der Waals surface area contributed by atoms with Gasteiger partial charge in [-0.05, 0) is 48.7 Å². The highest BCUT2D eigenvalue weighted by Gasteiger charge is 2.26. The summed E-state index contributed by atoms with van der Waals surface area (Å²) in [5.41, 5.74) is 2.32. The van der Waals surface area contributed by atoms with E-state index in [0.717, 1.165) is 28.6 Å². The van der Waals surface area contributed by atoms with Gasteiger partial charge in [0.25, 0.3) is 0 Å². The number of amides is 1. The van der Waals surface area contributed by atoms with Gasteiger partial charge in [0, 0.05) is 35.8 Å². The largest absolute Gasteiger partial charge is 0.334 e. The molecule has 1 unspecified atom stereocenters. The molecule has 0 spiro atoms. The Hall–Kier alpha value is -3.99. The Morgan fingerprint density at radius 2 is 1.97 bits per heavy atom. The first-order valence-corrected chi connectivity index (χ1v) is 10.9. The minimum absolute atomic E-state index is 0.0896. The van der Waals surface area contributed by atoms with E-state index in [9.17, 15) is 10.1 Å². The Morgan fingerprint density at radius 3 is 2.70 bits per heavy atom. The average molecular weight is 444 g/mol. The molecule has 3 rings (SSSR count). The van der Waals surface area contributed by atoms with E-state index < -0.39 is 6.17 Å². The van der Waals surface area contributed by atoms with Gasteiger partial charge in [-0.2, -0.15) is 5.26 Å². The lowest BCUT2D eigenvalue weighted by Gasteiger charge is -2.29. The predicted molar refractivity (Wildman–Crippen MR) is 130 cm³/mol. The van der Waals surface area contributed by atoms with Crippen molar-refractivity contribution in [3.63, 3.8) is 0 Å². The number of nitrogens with one attached hydrogen (secondary N) is 3. The Bertz CT molecular complexity index is 1140. The normalized spacial score (nSPS) is 12.6. The summed E-state index contributed by atoms with van der Waals surface area (Å²) in [7, 11) is 0. The fourth-order valence-electron chi connectivity index (χ4n) is 3.28. The zero-order valence-corrected chi connectivity index (χ0v) is 19.2. The van der Waals surface area contributed by atoms with Gasteiger partial charge in [0.05, 0.1) is 11.2 Å². The van der Waals surface area contributed by atoms with Crippen molar-refractivity contribution < 1.29 is 4.79 Å². The maximum atomic E-state index is 12.7. The number of carbonyl (C=O) groups excluding carboxylic acids is 1. The number of anilines is 1. The molecule has 2 heterocycles. The van der Waals surface area contributed by atoms with Crippen LogP contribution in [0.15, 0.2) is 66.0 Å². The lowest BCUT2D eigenvalue weighted by Crippen LogP contribution is -2.44. The number of aromatic nitrogens is 2. The summed E-state index contributed by atoms with van der Waals surface area (Å²) in [6, 6.07) is 13.4. The monoisotopic (exact) mass is 443 g/mol. The van der Waals surface area contributed by atoms with Gasteiger partial charge < -0.3 is 10.6 Å². The van der Waals surface area contributed by atoms with Crippen molar-refractivity contribution in [2.75, 3.05) is 5.32 Å². The van der Waals surface area contributed by atoms with E-state index in [4.69, 9.17) is 0 Å². The molecule has 3 aromatic rings. The summed E-state index contributed by atoms with van der Waals surface area (Å²) in [4.78, 5) is 25.8. The highest BCUT2D eigenvalue weighted by Crippen LogP contribution is 2.23. The fraction of sp³-hybridized carbons (Fsp3) is 0.320. The molecular formula is C25H29N7O. The molecule has 8 heteroatoms. The van der Waals surface area contributed by atoms with Gasteiger partial charge in [-0.1, -0.05) is 32.9 Å². The van der Waals surface area contributed by atoms with Crippen molar-refractivity contribution >= 4 is 28.5 Å². The second-order valence-corrected chi connectivity index (χ2v) is 8.77. The molecule has 0 fully saturated rings. The van der Waals surface area contributed by atoms with Crippen LogP contribution >= 0.6 is 0 Å². The first-order chi connectivity index (χ1) is 15.9. The maximum Gasteiger partial charge on any atom is 0.221 e. The van der Waals surface area contributed by atoms with Crippen LogP contribution in [-0.2, 0) is 11.2 Å². The summed E-state index contributed by atoms with van der Waals surface area (Å²) in [6.07, 6.45) is 8.52. The number of benzene rings is 1. The summed E-state index contributed by atoms with van der Waals surface area (Å²) in [5, 5.41) is 19.0. The Balaban J connectivity index is 1.73. The first kappa shape index (κ1) is 23.7. The van der Waals surface area contributed by atoms with Gasteiger partial charge in [0.1, 0.15) is 6.17 Å². The maximum absolute atomic E-state index is 12.7. The van der Waals surface area contributed by atoms with Crippen LogP contribution in [0.1, 0.15) is 39.2 Å². The highest BCUT2D eigenvalue weighted by atomic mass is 16.1. The number of aryl methyl sites for hydroxylation is 1. The zero-order valence-electron chi connectivity index (χ0n) is 19.2. The molecule has 0 aliphatic rings. The molecule has 170 valence electrons. The quantitative estimate of drug-likeness (QED) is 0.220. The predicted octanol–water partition coefficient (Wildman–Crippen LogP) is 3.98. The Morgan fingerprint density at radius 1 is 1.15 bits per heavy atom. The van der Waals surface area contributed by atoms with E-state index in [1.807, 2.05) is 75.6 Å². The van der Waals surface area contributed by atoms with Crippen molar-refractivity contribution in [3.8, 4) is 6.19 Å². The van der Waals surface area contributed by atoms with Crippen molar-refractivity contribution in [3.05, 3.63) is 66.6 Å². The second-order valence-electron chi connectivity index (χ2n) is 8.77. The summed E-state index contributed by atoms with van der Waals surface area (Å²) in [6.45, 7) is 5.97. The van der Waals surface area contributed by atoms with Crippen molar-refractivity contribution in [2.45, 2.75) is 46.2 Å². The van der Waals surface area contributed by atoms with Gasteiger partial charge in [0.15, 0.2) is 6.19 Å². The first-order valence-electron chi connectivity index (χ1n) is 10.9. The number of hydrogen-bond acceptors (Lipinski definition) is 5. The third-order valence-electron chi connectivity index (χ3n) is 5.04. The minimum atomic E-state index is -0.542. The van der Waals surface area contributed by atoms with Gasteiger partial charge in [-0.25, -0.2) is 4.99 Å². The summed E-state index contributed by atoms with van der Waals surface area (Å²) < 4.78 is 0. The number of fused-ring (bicyclic) bond motifs is 1. The standard InChI is InChI=1S/C25H29N7O/c1-25(2,3)23(31-22(33)13-4-8-18-9-6-14-27-16-18)32-24(29-17-26)30-21-12-5-11-20-19(21)10-7-15-28-20/h5-7,9-12,14-16,23H,4,8,13H2,1-3H3,(H,31,33)(H2,29,30,32). The molecule has 33 heavy (non-hydrogen) atoms. The number of rotatable bonds is 7. The number of aliphatic imine (C=N–C) groups is 1. The van der Waals surface area contributed by atoms with E-state index in [1.54, 1.807) is 12.4 Å². The molecule has 8 nitrogen and oxygen atoms in total. The number of hydrogen-bond donors (Lipinski definition) is 3. The number of nitrogens with zero attached hydrogens (tertiary/aromatic N) is 4. The van der Waals surface area contributed by atoms with Crippen LogP contribution in [0.5, 0.6) is 0 Å². The van der Waals surface area contributed by atoms with E-state index in [1.165, 1.54) is 0 Å². The average Bonchev–Trinajstić information content (AvgIpc) is 2.79. The van der Waals surface area contributed by atoms with Crippen LogP contribution in [0.3, 0.4) is 0 Å². The van der Waals surface area contributed by atoms with Crippen molar-refractivity contribution in [2.24, 2.45) is 10.4 Å². The molecule has 0 bridgehead atoms. The number of pyridine rings is 2. The van der Waals surface area contributed by atoms with E-state index in [2.05, 4.69) is 30.9 Å². The SMILES string of the molecule is CC(C)(C)C(N=C(NC#N)Nc1cccc2ncccc12)NC(=O)CCCc1cccnc1. The second kappa shape index (κ2) is 11.0. The molecule has 3 N–H and O–H groups in total. The Kier molecular flexibility index (Phi) is 7.92. The molecule has 1 atom stereocenters. The molecule has 0 saturated heterocycles. The van der Waals surface area contributed by atoms with Gasteiger partial charge in [-0.15, -0.1) is 0 Å². The van der Waals surface area contributed by atoms with Crippen LogP contribution in [0, 0.1) is 16.9 Å². The minimum Gasteiger partial charge on any atom is -0.334 e. The van der Waals surface area contributed by atoms with Crippen LogP contribution in [0.25, 0.3) is 10.9 Å². The van der Waals surface area contributed by atoms with Crippen LogP contribution < -0.4 is 16.0 Å². The molecule has 0 aliphatic heterocycles. The van der Waals surface area contributed by atoms with Crippen molar-refractivity contribution in [1.82, 2.24) is 20.6 Å². The molecular weight excluding hydrogens is 414 g/mol. The van der Waals surface area contributed by atoms with Crippen LogP contribution in [-0.4, -0.2) is 28.0 Å². The summed E-state index contributed by atoms with van der Waals surface area (Å²) >= 11 is 0. The van der Waals surface area contributed by atoms with Gasteiger partial charge in [-0.3, -0.25) is 20.1 Å². The molecule has 0 radical (unpaired) electrons. The topological polar surface area (TPSA) is 115 Å². The molecule has 2 aromatic heterocycles. The number of nitriles is 1. The lowest BCUT2D eigenvalue weighted by molar-refractivity contribution is -0.122. The molecule has 0 saturated carbocycles. The third kappa shape index (κ3) is 7.01. The fourth-order valence-corrected chi connectivity index (χ4v) is 3.28. The van der Waals surface area contributed by atoms with Crippen LogP contribution in [0.4, 0.5) is 5.69 Å². The van der Waals surface area contributed by atoms with E-state index in [0.29, 0.717) is 12.8 Å². The van der Waals surface area contributed by atoms with E-state index >= 15 is 0 Å². The van der Waals surface area contributed by atoms with E-state index in [-0.39, 0.29) is 17.3 Å².